The van der Waals surface area contributed by atoms with Crippen molar-refractivity contribution in [2.75, 3.05) is 5.73 Å². The molecule has 80 valence electrons. The summed E-state index contributed by atoms with van der Waals surface area (Å²) in [5.74, 6) is 1.16. The zero-order chi connectivity index (χ0) is 10.7. The second-order valence-electron chi connectivity index (χ2n) is 4.12. The van der Waals surface area contributed by atoms with E-state index >= 15 is 0 Å². The number of aromatic nitrogens is 2. The Morgan fingerprint density at radius 3 is 2.57 bits per heavy atom. The Morgan fingerprint density at radius 1 is 1.50 bits per heavy atom. The van der Waals surface area contributed by atoms with Crippen LogP contribution in [0.3, 0.4) is 0 Å². The normalized spacial score (nSPS) is 13.2. The molecule has 4 nitrogen and oxygen atoms in total. The highest BCUT2D eigenvalue weighted by Crippen LogP contribution is 2.20. The molecule has 0 bridgehead atoms. The van der Waals surface area contributed by atoms with E-state index in [-0.39, 0.29) is 6.10 Å². The van der Waals surface area contributed by atoms with E-state index in [1.807, 2.05) is 14.0 Å². The van der Waals surface area contributed by atoms with Gasteiger partial charge in [0.15, 0.2) is 0 Å². The van der Waals surface area contributed by atoms with Crippen LogP contribution in [0.2, 0.25) is 0 Å². The van der Waals surface area contributed by atoms with Gasteiger partial charge in [0.2, 0.25) is 0 Å². The number of nitrogens with two attached hydrogens (primary N) is 1. The van der Waals surface area contributed by atoms with E-state index in [1.165, 1.54) is 0 Å². The summed E-state index contributed by atoms with van der Waals surface area (Å²) in [6.07, 6.45) is 2.92. The molecule has 0 aliphatic heterocycles. The maximum Gasteiger partial charge on any atom is 0.256 e. The van der Waals surface area contributed by atoms with Gasteiger partial charge in [0.1, 0.15) is 5.69 Å². The molecule has 1 unspecified atom stereocenters. The van der Waals surface area contributed by atoms with Gasteiger partial charge in [-0.25, -0.2) is 0 Å². The molecule has 1 aromatic rings. The number of rotatable bonds is 4. The average Bonchev–Trinajstić information content (AvgIpc) is 2.28. The van der Waals surface area contributed by atoms with Crippen molar-refractivity contribution in [2.45, 2.75) is 33.3 Å². The van der Waals surface area contributed by atoms with Crippen molar-refractivity contribution < 1.29 is 4.74 Å². The van der Waals surface area contributed by atoms with Crippen LogP contribution < -0.4 is 10.5 Å². The quantitative estimate of drug-likeness (QED) is 0.801. The molecule has 1 heterocycles. The zero-order valence-corrected chi connectivity index (χ0v) is 9.32. The Labute approximate surface area is 85.0 Å². The number of ether oxygens (including phenoxy) is 1. The maximum absolute atomic E-state index is 5.71. The fourth-order valence-corrected chi connectivity index (χ4v) is 1.48. The van der Waals surface area contributed by atoms with Crippen molar-refractivity contribution in [1.29, 1.82) is 0 Å². The molecule has 0 saturated carbocycles. The average molecular weight is 197 g/mol. The van der Waals surface area contributed by atoms with Gasteiger partial charge in [-0.2, -0.15) is 0 Å². The minimum atomic E-state index is 0.159. The first kappa shape index (κ1) is 10.9. The molecule has 2 N–H and O–H groups in total. The van der Waals surface area contributed by atoms with Gasteiger partial charge in [-0.15, -0.1) is 5.10 Å². The van der Waals surface area contributed by atoms with Gasteiger partial charge in [-0.3, -0.25) is 4.68 Å². The fourth-order valence-electron chi connectivity index (χ4n) is 1.48. The van der Waals surface area contributed by atoms with E-state index in [9.17, 15) is 0 Å². The fraction of sp³-hybridized carbons (Fsp3) is 0.700. The van der Waals surface area contributed by atoms with Crippen LogP contribution in [0.1, 0.15) is 27.2 Å². The third-order valence-corrected chi connectivity index (χ3v) is 1.94. The summed E-state index contributed by atoms with van der Waals surface area (Å²) in [6.45, 7) is 6.37. The number of nitrogens with zero attached hydrogens (tertiary/aromatic N) is 2. The van der Waals surface area contributed by atoms with Crippen molar-refractivity contribution in [3.05, 3.63) is 6.20 Å². The van der Waals surface area contributed by atoms with Crippen LogP contribution in [-0.2, 0) is 7.05 Å². The lowest BCUT2D eigenvalue weighted by molar-refractivity contribution is 0.185. The van der Waals surface area contributed by atoms with E-state index in [0.29, 0.717) is 17.5 Å². The summed E-state index contributed by atoms with van der Waals surface area (Å²) in [5, 5.41) is 4.13. The van der Waals surface area contributed by atoms with Crippen molar-refractivity contribution >= 4 is 5.69 Å². The Hall–Kier alpha value is -1.19. The molecule has 0 spiro atoms. The number of aryl methyl sites for hydroxylation is 1. The summed E-state index contributed by atoms with van der Waals surface area (Å²) < 4.78 is 7.28. The number of hydrogen-bond acceptors (Lipinski definition) is 3. The van der Waals surface area contributed by atoms with Gasteiger partial charge >= 0.3 is 0 Å². The summed E-state index contributed by atoms with van der Waals surface area (Å²) in [5.41, 5.74) is 6.31. The minimum Gasteiger partial charge on any atom is -0.472 e. The summed E-state index contributed by atoms with van der Waals surface area (Å²) in [6, 6.07) is 0. The monoisotopic (exact) mass is 197 g/mol. The van der Waals surface area contributed by atoms with E-state index in [1.54, 1.807) is 10.9 Å². The van der Waals surface area contributed by atoms with Crippen LogP contribution in [0.5, 0.6) is 5.88 Å². The Balaban J connectivity index is 2.55. The van der Waals surface area contributed by atoms with Gasteiger partial charge in [-0.1, -0.05) is 13.8 Å². The predicted octanol–water partition coefficient (Wildman–Crippen LogP) is 1.82. The third-order valence-electron chi connectivity index (χ3n) is 1.94. The Kier molecular flexibility index (Phi) is 3.38. The van der Waals surface area contributed by atoms with Gasteiger partial charge in [0.05, 0.1) is 12.3 Å². The molecular weight excluding hydrogens is 178 g/mol. The molecule has 0 aliphatic rings. The Bertz CT molecular complexity index is 294. The molecule has 0 aromatic carbocycles. The third kappa shape index (κ3) is 2.94. The summed E-state index contributed by atoms with van der Waals surface area (Å²) in [7, 11) is 1.83. The van der Waals surface area contributed by atoms with Gasteiger partial charge in [0, 0.05) is 7.05 Å². The molecule has 0 saturated heterocycles. The molecule has 4 heteroatoms. The molecule has 1 atom stereocenters. The van der Waals surface area contributed by atoms with Crippen LogP contribution in [0.25, 0.3) is 0 Å². The molecule has 0 amide bonds. The lowest BCUT2D eigenvalue weighted by Crippen LogP contribution is -2.15. The highest BCUT2D eigenvalue weighted by atomic mass is 16.5. The van der Waals surface area contributed by atoms with Crippen LogP contribution in [0.4, 0.5) is 5.69 Å². The first-order valence-corrected chi connectivity index (χ1v) is 4.94. The predicted molar refractivity (Wildman–Crippen MR) is 57.2 cm³/mol. The molecule has 14 heavy (non-hydrogen) atoms. The summed E-state index contributed by atoms with van der Waals surface area (Å²) >= 11 is 0. The smallest absolute Gasteiger partial charge is 0.256 e. The minimum absolute atomic E-state index is 0.159. The molecule has 1 aromatic heterocycles. The number of nitrogen functional groups attached to an aromatic ring is 1. The largest absolute Gasteiger partial charge is 0.472 e. The SMILES string of the molecule is CC(C)CC(C)Oc1nn(C)cc1N. The van der Waals surface area contributed by atoms with E-state index < -0.39 is 0 Å². The van der Waals surface area contributed by atoms with Gasteiger partial charge in [0.25, 0.3) is 5.88 Å². The topological polar surface area (TPSA) is 53.1 Å². The number of anilines is 1. The number of hydrogen-bond donors (Lipinski definition) is 1. The standard InChI is InChI=1S/C10H19N3O/c1-7(2)5-8(3)14-10-9(11)6-13(4)12-10/h6-8H,5,11H2,1-4H3. The summed E-state index contributed by atoms with van der Waals surface area (Å²) in [4.78, 5) is 0. The molecule has 0 aliphatic carbocycles. The Morgan fingerprint density at radius 2 is 2.14 bits per heavy atom. The van der Waals surface area contributed by atoms with E-state index in [4.69, 9.17) is 10.5 Å². The second-order valence-corrected chi connectivity index (χ2v) is 4.12. The van der Waals surface area contributed by atoms with E-state index in [2.05, 4.69) is 18.9 Å². The lowest BCUT2D eigenvalue weighted by atomic mass is 10.1. The highest BCUT2D eigenvalue weighted by Gasteiger charge is 2.11. The zero-order valence-electron chi connectivity index (χ0n) is 9.32. The first-order chi connectivity index (χ1) is 6.49. The highest BCUT2D eigenvalue weighted by molar-refractivity contribution is 5.45. The van der Waals surface area contributed by atoms with Crippen molar-refractivity contribution in [2.24, 2.45) is 13.0 Å². The van der Waals surface area contributed by atoms with Crippen LogP contribution in [-0.4, -0.2) is 15.9 Å². The van der Waals surface area contributed by atoms with Gasteiger partial charge in [-0.05, 0) is 19.3 Å². The van der Waals surface area contributed by atoms with Crippen LogP contribution in [0, 0.1) is 5.92 Å². The molecule has 1 rings (SSSR count). The van der Waals surface area contributed by atoms with Gasteiger partial charge < -0.3 is 10.5 Å². The molecule has 0 fully saturated rings. The first-order valence-electron chi connectivity index (χ1n) is 4.94. The lowest BCUT2D eigenvalue weighted by Gasteiger charge is -2.14. The maximum atomic E-state index is 5.71. The second kappa shape index (κ2) is 4.35. The molecule has 0 radical (unpaired) electrons. The molecular formula is C10H19N3O. The van der Waals surface area contributed by atoms with Crippen LogP contribution >= 0.6 is 0 Å². The van der Waals surface area contributed by atoms with Crippen molar-refractivity contribution in [1.82, 2.24) is 9.78 Å². The van der Waals surface area contributed by atoms with Crippen LogP contribution in [0.15, 0.2) is 6.20 Å². The van der Waals surface area contributed by atoms with Crippen molar-refractivity contribution in [3.63, 3.8) is 0 Å². The van der Waals surface area contributed by atoms with Crippen molar-refractivity contribution in [3.8, 4) is 5.88 Å². The van der Waals surface area contributed by atoms with E-state index in [0.717, 1.165) is 6.42 Å².